The number of nitrogens with zero attached hydrogens (tertiary/aromatic N) is 2. The van der Waals surface area contributed by atoms with E-state index in [0.717, 1.165) is 4.57 Å². The van der Waals surface area contributed by atoms with E-state index < -0.39 is 17.3 Å². The zero-order chi connectivity index (χ0) is 22.2. The van der Waals surface area contributed by atoms with Crippen LogP contribution in [0, 0.1) is 10.6 Å². The first-order valence-corrected chi connectivity index (χ1v) is 10.6. The minimum atomic E-state index is -0.568. The molecule has 2 aromatic carbocycles. The number of amides is 1. The molecule has 5 rings (SSSR count). The lowest BCUT2D eigenvalue weighted by molar-refractivity contribution is 0.102. The van der Waals surface area contributed by atoms with Crippen molar-refractivity contribution in [1.82, 2.24) is 14.5 Å². The molecule has 7 nitrogen and oxygen atoms in total. The predicted molar refractivity (Wildman–Crippen MR) is 122 cm³/mol. The fraction of sp³-hybridized carbons (Fsp3) is 0. The molecule has 0 spiro atoms. The molecule has 0 bridgehead atoms. The number of nitrogens with one attached hydrogen (secondary N) is 2. The number of H-pyrrole nitrogens is 1. The molecule has 2 N–H and O–H groups in total. The highest BCUT2D eigenvalue weighted by Gasteiger charge is 2.15. The standard InChI is InChI=1S/C22H13FN4O3S2/c23-14-4-1-2-5-17(14)27-20(29)13-8-7-12(10-15(13)25-22(27)31)19(28)26-21-24-16(11-32-21)18-6-3-9-30-18/h1-11H,(H,25,31)(H,24,26,28). The number of aromatic nitrogens is 3. The highest BCUT2D eigenvalue weighted by molar-refractivity contribution is 7.71. The molecule has 3 aromatic heterocycles. The molecule has 0 aliphatic heterocycles. The fourth-order valence-corrected chi connectivity index (χ4v) is 4.23. The van der Waals surface area contributed by atoms with Gasteiger partial charge >= 0.3 is 0 Å². The lowest BCUT2D eigenvalue weighted by atomic mass is 10.1. The van der Waals surface area contributed by atoms with E-state index in [1.54, 1.807) is 29.8 Å². The molecule has 0 unspecified atom stereocenters. The van der Waals surface area contributed by atoms with E-state index in [2.05, 4.69) is 15.3 Å². The average molecular weight is 465 g/mol. The van der Waals surface area contributed by atoms with Gasteiger partial charge in [0.2, 0.25) is 0 Å². The normalized spacial score (nSPS) is 11.0. The summed E-state index contributed by atoms with van der Waals surface area (Å²) in [4.78, 5) is 33.0. The van der Waals surface area contributed by atoms with Gasteiger partial charge in [-0.05, 0) is 54.7 Å². The Morgan fingerprint density at radius 1 is 1.19 bits per heavy atom. The molecule has 0 atom stereocenters. The Hall–Kier alpha value is -3.89. The van der Waals surface area contributed by atoms with Crippen molar-refractivity contribution in [3.8, 4) is 17.1 Å². The zero-order valence-corrected chi connectivity index (χ0v) is 17.8. The van der Waals surface area contributed by atoms with Gasteiger partial charge in [-0.15, -0.1) is 11.3 Å². The van der Waals surface area contributed by atoms with E-state index in [9.17, 15) is 14.0 Å². The molecule has 10 heteroatoms. The number of anilines is 1. The van der Waals surface area contributed by atoms with E-state index in [1.165, 1.54) is 47.7 Å². The van der Waals surface area contributed by atoms with E-state index in [1.807, 2.05) is 0 Å². The fourth-order valence-electron chi connectivity index (χ4n) is 3.25. The number of fused-ring (bicyclic) bond motifs is 1. The molecule has 0 radical (unpaired) electrons. The van der Waals surface area contributed by atoms with Crippen LogP contribution < -0.4 is 10.9 Å². The number of hydrogen-bond donors (Lipinski definition) is 2. The summed E-state index contributed by atoms with van der Waals surface area (Å²) < 4.78 is 20.6. The maximum atomic E-state index is 14.2. The van der Waals surface area contributed by atoms with Crippen LogP contribution in [0.25, 0.3) is 28.0 Å². The number of thiazole rings is 1. The summed E-state index contributed by atoms with van der Waals surface area (Å²) >= 11 is 6.55. The minimum Gasteiger partial charge on any atom is -0.463 e. The van der Waals surface area contributed by atoms with Gasteiger partial charge in [0.25, 0.3) is 11.5 Å². The highest BCUT2D eigenvalue weighted by Crippen LogP contribution is 2.25. The van der Waals surface area contributed by atoms with E-state index >= 15 is 0 Å². The summed E-state index contributed by atoms with van der Waals surface area (Å²) in [6.45, 7) is 0. The molecule has 0 saturated carbocycles. The molecule has 0 aliphatic carbocycles. The van der Waals surface area contributed by atoms with Crippen LogP contribution in [0.1, 0.15) is 10.4 Å². The van der Waals surface area contributed by atoms with Crippen LogP contribution in [0.5, 0.6) is 0 Å². The number of halogens is 1. The number of carbonyl (C=O) groups is 1. The van der Waals surface area contributed by atoms with E-state index in [0.29, 0.717) is 27.7 Å². The molecule has 0 fully saturated rings. The van der Waals surface area contributed by atoms with Gasteiger partial charge in [-0.2, -0.15) is 0 Å². The quantitative estimate of drug-likeness (QED) is 0.359. The Labute approximate surface area is 188 Å². The Morgan fingerprint density at radius 2 is 2.03 bits per heavy atom. The third-order valence-corrected chi connectivity index (χ3v) is 5.79. The van der Waals surface area contributed by atoms with Gasteiger partial charge in [0, 0.05) is 10.9 Å². The topological polar surface area (TPSA) is 92.9 Å². The van der Waals surface area contributed by atoms with Crippen LogP contribution in [0.15, 0.2) is 75.5 Å². The first-order valence-electron chi connectivity index (χ1n) is 9.36. The molecule has 5 aromatic rings. The van der Waals surface area contributed by atoms with Gasteiger partial charge in [-0.1, -0.05) is 12.1 Å². The summed E-state index contributed by atoms with van der Waals surface area (Å²) in [5, 5.41) is 5.19. The average Bonchev–Trinajstić information content (AvgIpc) is 3.46. The number of carbonyl (C=O) groups excluding carboxylic acids is 1. The van der Waals surface area contributed by atoms with E-state index in [4.69, 9.17) is 16.6 Å². The number of benzene rings is 2. The van der Waals surface area contributed by atoms with Crippen molar-refractivity contribution < 1.29 is 13.6 Å². The van der Waals surface area contributed by atoms with Gasteiger partial charge < -0.3 is 9.40 Å². The molecular weight excluding hydrogens is 451 g/mol. The predicted octanol–water partition coefficient (Wildman–Crippen LogP) is 5.16. The Kier molecular flexibility index (Phi) is 5.00. The Balaban J connectivity index is 1.48. The van der Waals surface area contributed by atoms with Gasteiger partial charge in [-0.25, -0.2) is 13.9 Å². The molecule has 1 amide bonds. The van der Waals surface area contributed by atoms with Gasteiger partial charge in [-0.3, -0.25) is 14.9 Å². The largest absolute Gasteiger partial charge is 0.463 e. The smallest absolute Gasteiger partial charge is 0.266 e. The van der Waals surface area contributed by atoms with Crippen molar-refractivity contribution in [2.24, 2.45) is 0 Å². The van der Waals surface area contributed by atoms with Gasteiger partial charge in [0.15, 0.2) is 15.7 Å². The van der Waals surface area contributed by atoms with Crippen molar-refractivity contribution in [2.75, 3.05) is 5.32 Å². The van der Waals surface area contributed by atoms with Crippen molar-refractivity contribution >= 4 is 45.5 Å². The second-order valence-corrected chi connectivity index (χ2v) is 8.00. The number of aromatic amines is 1. The van der Waals surface area contributed by atoms with Crippen molar-refractivity contribution in [1.29, 1.82) is 0 Å². The summed E-state index contributed by atoms with van der Waals surface area (Å²) in [6.07, 6.45) is 1.55. The van der Waals surface area contributed by atoms with Crippen LogP contribution in [0.3, 0.4) is 0 Å². The van der Waals surface area contributed by atoms with E-state index in [-0.39, 0.29) is 15.8 Å². The van der Waals surface area contributed by atoms with Crippen LogP contribution in [0.4, 0.5) is 9.52 Å². The van der Waals surface area contributed by atoms with Crippen molar-refractivity contribution in [2.45, 2.75) is 0 Å². The van der Waals surface area contributed by atoms with Crippen LogP contribution in [0.2, 0.25) is 0 Å². The maximum Gasteiger partial charge on any atom is 0.266 e. The SMILES string of the molecule is O=C(Nc1nc(-c2ccco2)cs1)c1ccc2c(=O)n(-c3ccccc3F)c(=S)[nH]c2c1. The first kappa shape index (κ1) is 20.0. The third-order valence-electron chi connectivity index (χ3n) is 4.75. The van der Waals surface area contributed by atoms with Crippen LogP contribution in [-0.4, -0.2) is 20.4 Å². The number of para-hydroxylation sites is 1. The number of furan rings is 1. The van der Waals surface area contributed by atoms with Gasteiger partial charge in [0.1, 0.15) is 11.5 Å². The molecule has 158 valence electrons. The molecule has 0 aliphatic rings. The Bertz CT molecular complexity index is 1590. The minimum absolute atomic E-state index is 0.0215. The summed E-state index contributed by atoms with van der Waals surface area (Å²) in [6, 6.07) is 14.0. The second kappa shape index (κ2) is 7.98. The summed E-state index contributed by atoms with van der Waals surface area (Å²) in [5.41, 5.74) is 0.866. The third kappa shape index (κ3) is 3.55. The molecule has 32 heavy (non-hydrogen) atoms. The zero-order valence-electron chi connectivity index (χ0n) is 16.2. The number of hydrogen-bond acceptors (Lipinski definition) is 6. The summed E-state index contributed by atoms with van der Waals surface area (Å²) in [7, 11) is 0. The van der Waals surface area contributed by atoms with Crippen molar-refractivity contribution in [3.63, 3.8) is 0 Å². The second-order valence-electron chi connectivity index (χ2n) is 6.75. The molecule has 0 saturated heterocycles. The lowest BCUT2D eigenvalue weighted by Crippen LogP contribution is -2.22. The lowest BCUT2D eigenvalue weighted by Gasteiger charge is -2.10. The monoisotopic (exact) mass is 464 g/mol. The van der Waals surface area contributed by atoms with Crippen LogP contribution >= 0.6 is 23.6 Å². The number of rotatable bonds is 4. The summed E-state index contributed by atoms with van der Waals surface area (Å²) in [5.74, 6) is -0.363. The first-order chi connectivity index (χ1) is 15.5. The Morgan fingerprint density at radius 3 is 2.81 bits per heavy atom. The van der Waals surface area contributed by atoms with Crippen molar-refractivity contribution in [3.05, 3.63) is 92.7 Å². The van der Waals surface area contributed by atoms with Gasteiger partial charge in [0.05, 0.1) is 22.9 Å². The molecular formula is C22H13FN4O3S2. The van der Waals surface area contributed by atoms with Crippen LogP contribution in [-0.2, 0) is 0 Å². The highest BCUT2D eigenvalue weighted by atomic mass is 32.1. The molecule has 3 heterocycles. The maximum absolute atomic E-state index is 14.2.